The average Bonchev–Trinajstić information content (AvgIpc) is 2.38. The number of primary amides is 1. The Balaban J connectivity index is 2.00. The topological polar surface area (TPSA) is 46.3 Å². The van der Waals surface area contributed by atoms with Crippen LogP contribution in [-0.2, 0) is 0 Å². The Labute approximate surface area is 115 Å². The largest absolute Gasteiger partial charge is 0.366 e. The van der Waals surface area contributed by atoms with Gasteiger partial charge in [0.1, 0.15) is 0 Å². The van der Waals surface area contributed by atoms with Crippen molar-refractivity contribution >= 4 is 5.91 Å². The molecule has 3 nitrogen and oxygen atoms in total. The molecular weight excluding hydrogens is 236 g/mol. The molecule has 0 aromatic heterocycles. The van der Waals surface area contributed by atoms with Crippen LogP contribution in [0.1, 0.15) is 55.5 Å². The Morgan fingerprint density at radius 2 is 1.68 bits per heavy atom. The fourth-order valence-corrected chi connectivity index (χ4v) is 2.80. The van der Waals surface area contributed by atoms with Crippen LogP contribution >= 0.6 is 0 Å². The molecule has 1 aromatic carbocycles. The van der Waals surface area contributed by atoms with E-state index in [4.69, 9.17) is 5.73 Å². The molecule has 3 heteroatoms. The highest BCUT2D eigenvalue weighted by Gasteiger charge is 2.27. The van der Waals surface area contributed by atoms with Gasteiger partial charge in [0.15, 0.2) is 0 Å². The van der Waals surface area contributed by atoms with Gasteiger partial charge in [0.2, 0.25) is 5.91 Å². The second kappa shape index (κ2) is 5.33. The number of nitrogens with two attached hydrogens (primary N) is 1. The molecule has 0 bridgehead atoms. The van der Waals surface area contributed by atoms with Gasteiger partial charge >= 0.3 is 0 Å². The van der Waals surface area contributed by atoms with E-state index in [1.54, 1.807) is 0 Å². The van der Waals surface area contributed by atoms with Crippen molar-refractivity contribution in [1.29, 1.82) is 0 Å². The molecule has 1 heterocycles. The lowest BCUT2D eigenvalue weighted by atomic mass is 9.87. The number of piperidine rings is 1. The third-order valence-corrected chi connectivity index (χ3v) is 4.11. The summed E-state index contributed by atoms with van der Waals surface area (Å²) < 4.78 is 0. The maximum atomic E-state index is 11.1. The molecule has 0 spiro atoms. The number of hydrogen-bond donors (Lipinski definition) is 1. The number of carbonyl (C=O) groups excluding carboxylic acids is 1. The smallest absolute Gasteiger partial charge is 0.248 e. The molecule has 0 radical (unpaired) electrons. The predicted molar refractivity (Wildman–Crippen MR) is 78.3 cm³/mol. The van der Waals surface area contributed by atoms with Crippen LogP contribution in [0.4, 0.5) is 0 Å². The number of benzene rings is 1. The molecule has 2 rings (SSSR count). The SMILES string of the molecule is CC(C)(C)N1CCC(c2ccc(C(N)=O)cc2)CC1. The van der Waals surface area contributed by atoms with Gasteiger partial charge < -0.3 is 5.73 Å². The summed E-state index contributed by atoms with van der Waals surface area (Å²) in [5.41, 5.74) is 7.45. The summed E-state index contributed by atoms with van der Waals surface area (Å²) in [5, 5.41) is 0. The fourth-order valence-electron chi connectivity index (χ4n) is 2.80. The first-order valence-electron chi connectivity index (χ1n) is 7.03. The maximum absolute atomic E-state index is 11.1. The van der Waals surface area contributed by atoms with Crippen LogP contribution in [0.25, 0.3) is 0 Å². The summed E-state index contributed by atoms with van der Waals surface area (Å²) >= 11 is 0. The summed E-state index contributed by atoms with van der Waals surface area (Å²) in [6.45, 7) is 9.11. The summed E-state index contributed by atoms with van der Waals surface area (Å²) in [7, 11) is 0. The van der Waals surface area contributed by atoms with Crippen molar-refractivity contribution in [2.75, 3.05) is 13.1 Å². The fraction of sp³-hybridized carbons (Fsp3) is 0.562. The summed E-state index contributed by atoms with van der Waals surface area (Å²) in [6, 6.07) is 7.79. The van der Waals surface area contributed by atoms with Crippen LogP contribution in [0.5, 0.6) is 0 Å². The third-order valence-electron chi connectivity index (χ3n) is 4.11. The van der Waals surface area contributed by atoms with Crippen LogP contribution in [-0.4, -0.2) is 29.4 Å². The van der Waals surface area contributed by atoms with Crippen molar-refractivity contribution in [1.82, 2.24) is 4.90 Å². The Kier molecular flexibility index (Phi) is 3.95. The Morgan fingerprint density at radius 1 is 1.16 bits per heavy atom. The van der Waals surface area contributed by atoms with E-state index < -0.39 is 0 Å². The minimum absolute atomic E-state index is 0.265. The van der Waals surface area contributed by atoms with E-state index in [-0.39, 0.29) is 11.4 Å². The van der Waals surface area contributed by atoms with Crippen LogP contribution in [0.15, 0.2) is 24.3 Å². The minimum Gasteiger partial charge on any atom is -0.366 e. The van der Waals surface area contributed by atoms with Crippen LogP contribution in [0.2, 0.25) is 0 Å². The molecule has 1 aliphatic heterocycles. The van der Waals surface area contributed by atoms with Crippen LogP contribution in [0.3, 0.4) is 0 Å². The molecule has 0 aliphatic carbocycles. The van der Waals surface area contributed by atoms with E-state index in [1.807, 2.05) is 12.1 Å². The molecule has 0 unspecified atom stereocenters. The number of nitrogens with zero attached hydrogens (tertiary/aromatic N) is 1. The molecule has 1 aliphatic rings. The molecule has 1 amide bonds. The number of carbonyl (C=O) groups is 1. The first kappa shape index (κ1) is 14.1. The minimum atomic E-state index is -0.353. The Morgan fingerprint density at radius 3 is 2.11 bits per heavy atom. The normalized spacial score (nSPS) is 18.5. The van der Waals surface area contributed by atoms with E-state index in [0.717, 1.165) is 13.1 Å². The zero-order chi connectivity index (χ0) is 14.0. The molecular formula is C16H24N2O. The standard InChI is InChI=1S/C16H24N2O/c1-16(2,3)18-10-8-13(9-11-18)12-4-6-14(7-5-12)15(17)19/h4-7,13H,8-11H2,1-3H3,(H2,17,19). The monoisotopic (exact) mass is 260 g/mol. The molecule has 2 N–H and O–H groups in total. The van der Waals surface area contributed by atoms with Gasteiger partial charge in [-0.1, -0.05) is 12.1 Å². The van der Waals surface area contributed by atoms with Crippen LogP contribution in [0, 0.1) is 0 Å². The van der Waals surface area contributed by atoms with E-state index in [2.05, 4.69) is 37.8 Å². The van der Waals surface area contributed by atoms with Gasteiger partial charge in [-0.25, -0.2) is 0 Å². The molecule has 1 saturated heterocycles. The predicted octanol–water partition coefficient (Wildman–Crippen LogP) is 2.76. The van der Waals surface area contributed by atoms with Crippen molar-refractivity contribution in [2.45, 2.75) is 45.1 Å². The van der Waals surface area contributed by atoms with Gasteiger partial charge in [-0.05, 0) is 70.3 Å². The lowest BCUT2D eigenvalue weighted by Crippen LogP contribution is -2.45. The van der Waals surface area contributed by atoms with Gasteiger partial charge in [-0.2, -0.15) is 0 Å². The first-order valence-corrected chi connectivity index (χ1v) is 7.03. The van der Waals surface area contributed by atoms with E-state index in [9.17, 15) is 4.79 Å². The third kappa shape index (κ3) is 3.35. The van der Waals surface area contributed by atoms with Crippen molar-refractivity contribution in [2.24, 2.45) is 5.73 Å². The van der Waals surface area contributed by atoms with Gasteiger partial charge in [-0.15, -0.1) is 0 Å². The Bertz CT molecular complexity index is 437. The first-order chi connectivity index (χ1) is 8.88. The summed E-state index contributed by atoms with van der Waals surface area (Å²) in [6.07, 6.45) is 2.38. The highest BCUT2D eigenvalue weighted by atomic mass is 16.1. The molecule has 104 valence electrons. The summed E-state index contributed by atoms with van der Waals surface area (Å²) in [5.74, 6) is 0.259. The molecule has 0 atom stereocenters. The highest BCUT2D eigenvalue weighted by Crippen LogP contribution is 2.30. The van der Waals surface area contributed by atoms with Gasteiger partial charge in [0.25, 0.3) is 0 Å². The van der Waals surface area contributed by atoms with Crippen molar-refractivity contribution in [3.05, 3.63) is 35.4 Å². The Hall–Kier alpha value is -1.35. The van der Waals surface area contributed by atoms with Crippen molar-refractivity contribution in [3.8, 4) is 0 Å². The molecule has 1 aromatic rings. The second-order valence-corrected chi connectivity index (χ2v) is 6.42. The highest BCUT2D eigenvalue weighted by molar-refractivity contribution is 5.92. The van der Waals surface area contributed by atoms with E-state index in [1.165, 1.54) is 18.4 Å². The molecule has 1 fully saturated rings. The molecule has 0 saturated carbocycles. The maximum Gasteiger partial charge on any atom is 0.248 e. The molecule has 19 heavy (non-hydrogen) atoms. The van der Waals surface area contributed by atoms with Gasteiger partial charge in [0, 0.05) is 11.1 Å². The van der Waals surface area contributed by atoms with E-state index >= 15 is 0 Å². The lowest BCUT2D eigenvalue weighted by Gasteiger charge is -2.41. The number of amides is 1. The number of likely N-dealkylation sites (tertiary alicyclic amines) is 1. The van der Waals surface area contributed by atoms with Crippen molar-refractivity contribution in [3.63, 3.8) is 0 Å². The van der Waals surface area contributed by atoms with E-state index in [0.29, 0.717) is 11.5 Å². The second-order valence-electron chi connectivity index (χ2n) is 6.42. The van der Waals surface area contributed by atoms with Gasteiger partial charge in [-0.3, -0.25) is 9.69 Å². The summed E-state index contributed by atoms with van der Waals surface area (Å²) in [4.78, 5) is 13.6. The zero-order valence-electron chi connectivity index (χ0n) is 12.1. The number of rotatable bonds is 2. The lowest BCUT2D eigenvalue weighted by molar-refractivity contribution is 0.0998. The zero-order valence-corrected chi connectivity index (χ0v) is 12.1. The van der Waals surface area contributed by atoms with Gasteiger partial charge in [0.05, 0.1) is 0 Å². The van der Waals surface area contributed by atoms with Crippen molar-refractivity contribution < 1.29 is 4.79 Å². The quantitative estimate of drug-likeness (QED) is 0.888. The number of hydrogen-bond acceptors (Lipinski definition) is 2. The van der Waals surface area contributed by atoms with Crippen LogP contribution < -0.4 is 5.73 Å². The average molecular weight is 260 g/mol.